The predicted octanol–water partition coefficient (Wildman–Crippen LogP) is 5.74. The van der Waals surface area contributed by atoms with Crippen molar-refractivity contribution in [3.8, 4) is 0 Å². The molecule has 1 heterocycles. The number of rotatable bonds is 17. The Balaban J connectivity index is 1.53. The highest BCUT2D eigenvalue weighted by Crippen LogP contribution is 2.45. The van der Waals surface area contributed by atoms with E-state index < -0.39 is 54.6 Å². The first-order chi connectivity index (χ1) is 24.3. The lowest BCUT2D eigenvalue weighted by Crippen LogP contribution is -2.55. The summed E-state index contributed by atoms with van der Waals surface area (Å²) in [4.78, 5) is 62.5. The van der Waals surface area contributed by atoms with Crippen molar-refractivity contribution >= 4 is 35.5 Å². The maximum absolute atomic E-state index is 13.8. The number of carbonyl (C=O) groups excluding carboxylic acids is 5. The minimum absolute atomic E-state index is 0.0242. The van der Waals surface area contributed by atoms with E-state index in [4.69, 9.17) is 23.7 Å². The molecule has 0 bridgehead atoms. The molecule has 1 aliphatic rings. The van der Waals surface area contributed by atoms with Crippen LogP contribution in [0.5, 0.6) is 0 Å². The SMILES string of the molecule is CC(=O)OC[C@@H](OCc1ccc([C@@H]2[C@@H](CCCc3ccc(C)cc3)C(=O)N2c2ccc(F)cc2)cc1)[C@@H](OC(C)=O)[C@@H](COC(C)=O)OC(C)=O. The van der Waals surface area contributed by atoms with Gasteiger partial charge in [-0.25, -0.2) is 4.39 Å². The zero-order valence-corrected chi connectivity index (χ0v) is 29.5. The highest BCUT2D eigenvalue weighted by Gasteiger charge is 2.48. The van der Waals surface area contributed by atoms with E-state index in [0.29, 0.717) is 17.7 Å². The minimum atomic E-state index is -1.30. The van der Waals surface area contributed by atoms with E-state index in [9.17, 15) is 28.4 Å². The molecule has 5 atom stereocenters. The maximum atomic E-state index is 13.8. The highest BCUT2D eigenvalue weighted by molar-refractivity contribution is 6.03. The number of hydrogen-bond acceptors (Lipinski definition) is 10. The minimum Gasteiger partial charge on any atom is -0.463 e. The van der Waals surface area contributed by atoms with Crippen molar-refractivity contribution in [1.29, 1.82) is 0 Å². The summed E-state index contributed by atoms with van der Waals surface area (Å²) >= 11 is 0. The third-order valence-corrected chi connectivity index (χ3v) is 8.46. The van der Waals surface area contributed by atoms with Gasteiger partial charge < -0.3 is 28.6 Å². The van der Waals surface area contributed by atoms with Crippen molar-refractivity contribution in [1.82, 2.24) is 0 Å². The largest absolute Gasteiger partial charge is 0.463 e. The van der Waals surface area contributed by atoms with Crippen molar-refractivity contribution in [3.63, 3.8) is 0 Å². The number of benzene rings is 3. The Morgan fingerprint density at radius 2 is 1.29 bits per heavy atom. The van der Waals surface area contributed by atoms with E-state index in [1.54, 1.807) is 17.0 Å². The molecule has 11 nitrogen and oxygen atoms in total. The molecule has 51 heavy (non-hydrogen) atoms. The first kappa shape index (κ1) is 38.7. The highest BCUT2D eigenvalue weighted by atomic mass is 19.1. The number of esters is 4. The predicted molar refractivity (Wildman–Crippen MR) is 184 cm³/mol. The Kier molecular flexibility index (Phi) is 13.8. The Hall–Kier alpha value is -5.10. The molecule has 1 aliphatic heterocycles. The molecule has 0 aliphatic carbocycles. The van der Waals surface area contributed by atoms with Crippen LogP contribution in [-0.2, 0) is 60.7 Å². The second-order valence-electron chi connectivity index (χ2n) is 12.5. The van der Waals surface area contributed by atoms with Crippen molar-refractivity contribution in [2.75, 3.05) is 18.1 Å². The van der Waals surface area contributed by atoms with Gasteiger partial charge in [0.25, 0.3) is 0 Å². The number of nitrogens with zero attached hydrogens (tertiary/aromatic N) is 1. The molecule has 0 N–H and O–H groups in total. The fourth-order valence-electron chi connectivity index (χ4n) is 6.02. The summed E-state index contributed by atoms with van der Waals surface area (Å²) in [5.41, 5.74) is 4.58. The molecule has 0 aromatic heterocycles. The van der Waals surface area contributed by atoms with Gasteiger partial charge in [0, 0.05) is 33.4 Å². The van der Waals surface area contributed by atoms with Crippen LogP contribution in [-0.4, -0.2) is 61.3 Å². The van der Waals surface area contributed by atoms with Crippen LogP contribution in [0.4, 0.5) is 10.1 Å². The van der Waals surface area contributed by atoms with Crippen molar-refractivity contribution < 1.29 is 52.0 Å². The van der Waals surface area contributed by atoms with Crippen molar-refractivity contribution in [3.05, 3.63) is 101 Å². The summed E-state index contributed by atoms with van der Waals surface area (Å²) in [6.45, 7) is 5.90. The molecular formula is C39H44FNO10. The lowest BCUT2D eigenvalue weighted by Gasteiger charge is -2.47. The van der Waals surface area contributed by atoms with E-state index in [1.807, 2.05) is 31.2 Å². The first-order valence-electron chi connectivity index (χ1n) is 16.8. The van der Waals surface area contributed by atoms with Crippen LogP contribution in [0, 0.1) is 18.7 Å². The normalized spacial score (nSPS) is 17.1. The van der Waals surface area contributed by atoms with Crippen LogP contribution in [0.2, 0.25) is 0 Å². The standard InChI is InChI=1S/C39H44FNO10/c1-24-9-11-29(12-10-24)7-6-8-34-37(41(39(34)46)33-19-17-32(40)18-20-33)31-15-13-30(14-16-31)21-49-35(22-47-25(2)42)38(51-28(5)45)36(50-27(4)44)23-48-26(3)43/h9-20,34-38H,6-8,21-23H2,1-5H3/t34-,35-,36-,37-,38-/m1/s1. The van der Waals surface area contributed by atoms with E-state index >= 15 is 0 Å². The van der Waals surface area contributed by atoms with E-state index in [2.05, 4.69) is 24.3 Å². The average molecular weight is 706 g/mol. The maximum Gasteiger partial charge on any atom is 0.303 e. The Bertz CT molecular complexity index is 1660. The third kappa shape index (κ3) is 11.2. The lowest BCUT2D eigenvalue weighted by atomic mass is 9.78. The summed E-state index contributed by atoms with van der Waals surface area (Å²) in [5.74, 6) is -3.40. The fraction of sp³-hybridized carbons (Fsp3) is 0.410. The fourth-order valence-corrected chi connectivity index (χ4v) is 6.02. The van der Waals surface area contributed by atoms with Crippen LogP contribution in [0.25, 0.3) is 0 Å². The van der Waals surface area contributed by atoms with Gasteiger partial charge in [0.2, 0.25) is 5.91 Å². The summed E-state index contributed by atoms with van der Waals surface area (Å²) in [5, 5.41) is 0. The van der Waals surface area contributed by atoms with Crippen LogP contribution in [0.1, 0.15) is 68.8 Å². The van der Waals surface area contributed by atoms with Gasteiger partial charge in [0.1, 0.15) is 25.1 Å². The molecule has 12 heteroatoms. The lowest BCUT2D eigenvalue weighted by molar-refractivity contribution is -0.192. The van der Waals surface area contributed by atoms with E-state index in [0.717, 1.165) is 32.3 Å². The molecule has 0 spiro atoms. The second kappa shape index (κ2) is 18.2. The summed E-state index contributed by atoms with van der Waals surface area (Å²) < 4.78 is 40.9. The van der Waals surface area contributed by atoms with Gasteiger partial charge in [-0.2, -0.15) is 0 Å². The van der Waals surface area contributed by atoms with Crippen LogP contribution in [0.3, 0.4) is 0 Å². The number of amides is 1. The van der Waals surface area contributed by atoms with Crippen LogP contribution in [0.15, 0.2) is 72.8 Å². The zero-order chi connectivity index (χ0) is 37.1. The monoisotopic (exact) mass is 705 g/mol. The van der Waals surface area contributed by atoms with Gasteiger partial charge in [-0.1, -0.05) is 54.1 Å². The summed E-state index contributed by atoms with van der Waals surface area (Å²) in [6, 6.07) is 21.4. The molecular weight excluding hydrogens is 661 g/mol. The van der Waals surface area contributed by atoms with Gasteiger partial charge in [0.15, 0.2) is 12.2 Å². The van der Waals surface area contributed by atoms with Gasteiger partial charge >= 0.3 is 23.9 Å². The molecule has 0 saturated carbocycles. The topological polar surface area (TPSA) is 135 Å². The molecule has 1 amide bonds. The van der Waals surface area contributed by atoms with E-state index in [-0.39, 0.29) is 31.1 Å². The second-order valence-corrected chi connectivity index (χ2v) is 12.5. The number of β-lactam (4-membered cyclic amide) rings is 1. The summed E-state index contributed by atoms with van der Waals surface area (Å²) in [6.07, 6.45) is -1.34. The molecule has 1 saturated heterocycles. The molecule has 3 aromatic carbocycles. The molecule has 3 aromatic rings. The van der Waals surface area contributed by atoms with Gasteiger partial charge in [-0.05, 0) is 67.1 Å². The Labute approximate surface area is 297 Å². The smallest absolute Gasteiger partial charge is 0.303 e. The Morgan fingerprint density at radius 1 is 0.725 bits per heavy atom. The van der Waals surface area contributed by atoms with Gasteiger partial charge in [0.05, 0.1) is 18.6 Å². The Morgan fingerprint density at radius 3 is 1.86 bits per heavy atom. The number of carbonyl (C=O) groups is 5. The number of anilines is 1. The van der Waals surface area contributed by atoms with Crippen molar-refractivity contribution in [2.24, 2.45) is 5.92 Å². The number of aryl methyl sites for hydroxylation is 2. The molecule has 0 radical (unpaired) electrons. The van der Waals surface area contributed by atoms with Gasteiger partial charge in [-0.3, -0.25) is 24.0 Å². The molecule has 0 unspecified atom stereocenters. The number of halogens is 1. The zero-order valence-electron chi connectivity index (χ0n) is 29.5. The first-order valence-corrected chi connectivity index (χ1v) is 16.8. The number of hydrogen-bond donors (Lipinski definition) is 0. The quantitative estimate of drug-likeness (QED) is 0.0973. The van der Waals surface area contributed by atoms with Gasteiger partial charge in [-0.15, -0.1) is 0 Å². The number of ether oxygens (including phenoxy) is 5. The average Bonchev–Trinajstić information content (AvgIpc) is 3.08. The van der Waals surface area contributed by atoms with Crippen LogP contribution < -0.4 is 4.90 Å². The summed E-state index contributed by atoms with van der Waals surface area (Å²) in [7, 11) is 0. The van der Waals surface area contributed by atoms with Crippen LogP contribution >= 0.6 is 0 Å². The molecule has 1 fully saturated rings. The van der Waals surface area contributed by atoms with E-state index in [1.165, 1.54) is 37.1 Å². The molecule has 272 valence electrons. The molecule has 4 rings (SSSR count). The third-order valence-electron chi connectivity index (χ3n) is 8.46. The van der Waals surface area contributed by atoms with Crippen molar-refractivity contribution in [2.45, 2.75) is 84.8 Å².